The molecular formula is C24H51BO3S3. The van der Waals surface area contributed by atoms with Crippen LogP contribution in [0.25, 0.3) is 0 Å². The first-order chi connectivity index (χ1) is 15.1. The summed E-state index contributed by atoms with van der Waals surface area (Å²) in [5.41, 5.74) is 0.0925. The van der Waals surface area contributed by atoms with Gasteiger partial charge >= 0.3 is 7.32 Å². The van der Waals surface area contributed by atoms with Gasteiger partial charge in [-0.2, -0.15) is 0 Å². The van der Waals surface area contributed by atoms with Crippen LogP contribution >= 0.6 is 36.2 Å². The summed E-state index contributed by atoms with van der Waals surface area (Å²) in [5, 5.41) is 0. The molecule has 0 radical (unpaired) electrons. The van der Waals surface area contributed by atoms with Gasteiger partial charge in [-0.1, -0.05) is 92.4 Å². The molecule has 0 heterocycles. The van der Waals surface area contributed by atoms with Crippen LogP contribution < -0.4 is 0 Å². The molecule has 0 amide bonds. The Hall–Kier alpha value is 0.995. The van der Waals surface area contributed by atoms with Crippen molar-refractivity contribution < 1.29 is 14.0 Å². The molecule has 3 nitrogen and oxygen atoms in total. The molecule has 31 heavy (non-hydrogen) atoms. The highest BCUT2D eigenvalue weighted by atomic mass is 32.2. The van der Waals surface area contributed by atoms with E-state index in [-0.39, 0.29) is 16.3 Å². The summed E-state index contributed by atoms with van der Waals surface area (Å²) >= 11 is 8.46. The summed E-state index contributed by atoms with van der Waals surface area (Å²) in [5.74, 6) is 2.28. The fourth-order valence-corrected chi connectivity index (χ4v) is 5.90. The first-order valence-corrected chi connectivity index (χ1v) is 15.6. The van der Waals surface area contributed by atoms with Crippen LogP contribution in [0.5, 0.6) is 0 Å². The average molecular weight is 495 g/mol. The Balaban J connectivity index is 4.82. The third-order valence-corrected chi connectivity index (χ3v) is 7.85. The van der Waals surface area contributed by atoms with Crippen molar-refractivity contribution in [2.45, 2.75) is 141 Å². The molecule has 0 spiro atoms. The molecule has 0 aromatic rings. The summed E-state index contributed by atoms with van der Waals surface area (Å²) in [6.45, 7) is 11.1. The topological polar surface area (TPSA) is 27.7 Å². The van der Waals surface area contributed by atoms with Crippen molar-refractivity contribution in [3.05, 3.63) is 0 Å². The molecule has 0 N–H and O–H groups in total. The van der Waals surface area contributed by atoms with Gasteiger partial charge in [0.15, 0.2) is 0 Å². The maximum absolute atomic E-state index is 6.39. The summed E-state index contributed by atoms with van der Waals surface area (Å²) < 4.78 is 18.9. The van der Waals surface area contributed by atoms with E-state index in [1.54, 1.807) is 0 Å². The highest BCUT2D eigenvalue weighted by Crippen LogP contribution is 2.26. The van der Waals surface area contributed by atoms with Gasteiger partial charge in [0.25, 0.3) is 0 Å². The second-order valence-electron chi connectivity index (χ2n) is 8.24. The third-order valence-electron chi connectivity index (χ3n) is 4.98. The van der Waals surface area contributed by atoms with Gasteiger partial charge in [0.1, 0.15) is 0 Å². The number of unbranched alkanes of at least 4 members (excludes halogenated alkanes) is 6. The number of hydrogen-bond donors (Lipinski definition) is 1. The molecule has 186 valence electrons. The zero-order valence-electron chi connectivity index (χ0n) is 21.1. The quantitative estimate of drug-likeness (QED) is 0.0625. The molecule has 3 unspecified atom stereocenters. The lowest BCUT2D eigenvalue weighted by molar-refractivity contribution is 0.0635. The number of thiol groups is 1. The van der Waals surface area contributed by atoms with Crippen molar-refractivity contribution in [1.82, 2.24) is 0 Å². The Kier molecular flexibility index (Phi) is 24.9. The van der Waals surface area contributed by atoms with Crippen LogP contribution in [0.2, 0.25) is 0 Å². The lowest BCUT2D eigenvalue weighted by Crippen LogP contribution is -2.36. The van der Waals surface area contributed by atoms with Crippen molar-refractivity contribution in [3.8, 4) is 0 Å². The van der Waals surface area contributed by atoms with Gasteiger partial charge in [0.05, 0.1) is 16.3 Å². The zero-order chi connectivity index (χ0) is 23.2. The van der Waals surface area contributed by atoms with Crippen molar-refractivity contribution in [1.29, 1.82) is 0 Å². The molecule has 0 rings (SSSR count). The van der Waals surface area contributed by atoms with Crippen LogP contribution in [0, 0.1) is 0 Å². The monoisotopic (exact) mass is 494 g/mol. The fraction of sp³-hybridized carbons (Fsp3) is 1.00. The molecule has 0 fully saturated rings. The Morgan fingerprint density at radius 3 is 1.42 bits per heavy atom. The van der Waals surface area contributed by atoms with E-state index in [4.69, 9.17) is 14.0 Å². The van der Waals surface area contributed by atoms with Crippen LogP contribution in [-0.2, 0) is 14.0 Å². The van der Waals surface area contributed by atoms with E-state index in [0.29, 0.717) is 0 Å². The second kappa shape index (κ2) is 24.1. The minimum atomic E-state index is -0.631. The first kappa shape index (κ1) is 32.0. The molecule has 3 atom stereocenters. The van der Waals surface area contributed by atoms with Crippen molar-refractivity contribution in [2.24, 2.45) is 0 Å². The molecule has 0 aliphatic rings. The van der Waals surface area contributed by atoms with Gasteiger partial charge in [0.2, 0.25) is 0 Å². The maximum Gasteiger partial charge on any atom is 0.641 e. The Morgan fingerprint density at radius 1 is 0.581 bits per heavy atom. The van der Waals surface area contributed by atoms with E-state index in [1.807, 2.05) is 23.5 Å². The minimum Gasteiger partial charge on any atom is -0.374 e. The normalized spacial score (nSPS) is 14.5. The molecule has 0 aliphatic heterocycles. The smallest absolute Gasteiger partial charge is 0.374 e. The van der Waals surface area contributed by atoms with Crippen molar-refractivity contribution in [3.63, 3.8) is 0 Å². The predicted octanol–water partition coefficient (Wildman–Crippen LogP) is 8.96. The molecule has 0 aliphatic carbocycles. The number of hydrogen-bond acceptors (Lipinski definition) is 6. The summed E-state index contributed by atoms with van der Waals surface area (Å²) in [7, 11) is -0.631. The van der Waals surface area contributed by atoms with Gasteiger partial charge in [-0.3, -0.25) is 0 Å². The Bertz CT molecular complexity index is 341. The molecule has 0 saturated heterocycles. The van der Waals surface area contributed by atoms with E-state index in [1.165, 1.54) is 51.4 Å². The largest absolute Gasteiger partial charge is 0.641 e. The Labute approximate surface area is 209 Å². The van der Waals surface area contributed by atoms with Crippen LogP contribution in [0.15, 0.2) is 0 Å². The Morgan fingerprint density at radius 2 is 1.03 bits per heavy atom. The molecule has 0 saturated carbocycles. The summed E-state index contributed by atoms with van der Waals surface area (Å²) in [6.07, 6.45) is 16.5. The lowest BCUT2D eigenvalue weighted by Gasteiger charge is -2.27. The molecule has 0 aromatic carbocycles. The third kappa shape index (κ3) is 20.1. The van der Waals surface area contributed by atoms with Crippen molar-refractivity contribution >= 4 is 43.5 Å². The minimum absolute atomic E-state index is 0.121. The first-order valence-electron chi connectivity index (χ1n) is 13.0. The van der Waals surface area contributed by atoms with E-state index in [0.717, 1.165) is 50.0 Å². The van der Waals surface area contributed by atoms with Crippen LogP contribution in [0.3, 0.4) is 0 Å². The zero-order valence-corrected chi connectivity index (χ0v) is 23.6. The summed E-state index contributed by atoms with van der Waals surface area (Å²) in [4.78, 5) is 0. The van der Waals surface area contributed by atoms with Gasteiger partial charge < -0.3 is 14.0 Å². The van der Waals surface area contributed by atoms with Crippen LogP contribution in [-0.4, -0.2) is 35.1 Å². The molecule has 7 heteroatoms. The maximum atomic E-state index is 6.39. The van der Waals surface area contributed by atoms with E-state index in [9.17, 15) is 0 Å². The van der Waals surface area contributed by atoms with E-state index in [2.05, 4.69) is 47.2 Å². The van der Waals surface area contributed by atoms with Gasteiger partial charge in [-0.05, 0) is 43.6 Å². The standard InChI is InChI=1S/C24H51BO3S3/c1-6-11-13-15-20-30-23(18-9-4)27-25(26-22(29)17-8-3)28-24(19-10-5)31-21-16-14-12-7-2/h22-24,29H,6-21H2,1-5H3. The predicted molar refractivity (Wildman–Crippen MR) is 147 cm³/mol. The fourth-order valence-electron chi connectivity index (χ4n) is 3.13. The summed E-state index contributed by atoms with van der Waals surface area (Å²) in [6, 6.07) is 0. The van der Waals surface area contributed by atoms with E-state index < -0.39 is 7.32 Å². The number of thioether (sulfide) groups is 2. The molecule has 0 aromatic heterocycles. The average Bonchev–Trinajstić information content (AvgIpc) is 2.73. The van der Waals surface area contributed by atoms with Gasteiger partial charge in [-0.15, -0.1) is 36.2 Å². The second-order valence-corrected chi connectivity index (χ2v) is 11.4. The van der Waals surface area contributed by atoms with Crippen LogP contribution in [0.1, 0.15) is 125 Å². The lowest BCUT2D eigenvalue weighted by atomic mass is 10.2. The molecule has 0 bridgehead atoms. The highest BCUT2D eigenvalue weighted by Gasteiger charge is 2.31. The van der Waals surface area contributed by atoms with Gasteiger partial charge in [-0.25, -0.2) is 0 Å². The number of rotatable bonds is 24. The van der Waals surface area contributed by atoms with Gasteiger partial charge in [0, 0.05) is 0 Å². The SMILES string of the molecule is CCCCCCSC(CCC)OB(OC(S)CCC)OC(CCC)SCCCCCC. The van der Waals surface area contributed by atoms with E-state index >= 15 is 0 Å². The molecular weight excluding hydrogens is 443 g/mol. The van der Waals surface area contributed by atoms with Crippen LogP contribution in [0.4, 0.5) is 0 Å². The highest BCUT2D eigenvalue weighted by molar-refractivity contribution is 8.00. The van der Waals surface area contributed by atoms with Crippen molar-refractivity contribution in [2.75, 3.05) is 11.5 Å².